The van der Waals surface area contributed by atoms with Crippen LogP contribution in [0.25, 0.3) is 0 Å². The molecule has 0 aliphatic rings. The highest BCUT2D eigenvalue weighted by molar-refractivity contribution is 7.91. The maximum atomic E-state index is 13.1. The third-order valence-corrected chi connectivity index (χ3v) is 18.7. The van der Waals surface area contributed by atoms with E-state index in [1.54, 1.807) is 36.4 Å². The first kappa shape index (κ1) is 76.0. The number of nitrogen functional groups attached to an aromatic ring is 3. The normalized spacial score (nSPS) is 13.3. The fourth-order valence-corrected chi connectivity index (χ4v) is 13.0. The number of ether oxygens (including phenoxy) is 3. The van der Waals surface area contributed by atoms with Gasteiger partial charge in [0.15, 0.2) is 44.8 Å². The van der Waals surface area contributed by atoms with Crippen molar-refractivity contribution in [2.45, 2.75) is 156 Å². The number of rotatable bonds is 15. The Kier molecular flexibility index (Phi) is 22.8. The van der Waals surface area contributed by atoms with Crippen LogP contribution in [0, 0.1) is 76.7 Å². The minimum absolute atomic E-state index is 0.0613. The highest BCUT2D eigenvalue weighted by atomic mass is 32.2. The van der Waals surface area contributed by atoms with Gasteiger partial charge in [0.25, 0.3) is 17.7 Å². The van der Waals surface area contributed by atoms with Crippen LogP contribution >= 0.6 is 0 Å². The van der Waals surface area contributed by atoms with E-state index in [1.807, 2.05) is 161 Å². The van der Waals surface area contributed by atoms with E-state index in [-0.39, 0.29) is 83.1 Å². The molecule has 6 heterocycles. The predicted molar refractivity (Wildman–Crippen MR) is 387 cm³/mol. The number of hydrogen-bond donors (Lipinski definition) is 9. The molecule has 0 saturated heterocycles. The Morgan fingerprint density at radius 2 is 0.566 bits per heavy atom. The van der Waals surface area contributed by atoms with Crippen molar-refractivity contribution in [1.82, 2.24) is 44.1 Å². The molecule has 0 radical (unpaired) electrons. The molecule has 24 nitrogen and oxygen atoms in total. The second-order valence-corrected chi connectivity index (χ2v) is 32.3. The predicted octanol–water partition coefficient (Wildman–Crippen LogP) is 14.5. The molecule has 0 saturated carbocycles. The number of aryl methyl sites for hydroxylation is 9. The molecule has 27 heteroatoms. The van der Waals surface area contributed by atoms with Gasteiger partial charge in [0, 0.05) is 33.3 Å². The molecule has 0 fully saturated rings. The maximum absolute atomic E-state index is 13.1. The molecule has 3 atom stereocenters. The van der Waals surface area contributed by atoms with Crippen LogP contribution in [0.2, 0.25) is 0 Å². The molecule has 3 unspecified atom stereocenters. The number of anilines is 3. The lowest BCUT2D eigenvalue weighted by Crippen LogP contribution is -2.31. The summed E-state index contributed by atoms with van der Waals surface area (Å²) in [5.74, 6) is 0.0414. The molecule has 9 rings (SSSR count). The van der Waals surface area contributed by atoms with Crippen molar-refractivity contribution >= 4 is 64.9 Å². The van der Waals surface area contributed by atoms with Crippen molar-refractivity contribution in [3.63, 3.8) is 0 Å². The van der Waals surface area contributed by atoms with Crippen LogP contribution in [0.3, 0.4) is 0 Å². The van der Waals surface area contributed by atoms with Gasteiger partial charge in [0.2, 0.25) is 17.6 Å². The number of amides is 3. The first-order valence-electron chi connectivity index (χ1n) is 31.2. The van der Waals surface area contributed by atoms with Crippen LogP contribution in [0.4, 0.5) is 17.5 Å². The number of carbonyl (C=O) groups excluding carboxylic acids is 3. The van der Waals surface area contributed by atoms with Gasteiger partial charge in [0.1, 0.15) is 51.4 Å². The molecular weight excluding hydrogens is 1320 g/mol. The van der Waals surface area contributed by atoms with Gasteiger partial charge in [-0.15, -0.1) is 0 Å². The number of nitrogens with two attached hydrogens (primary N) is 3. The molecule has 12 N–H and O–H groups in total. The van der Waals surface area contributed by atoms with E-state index in [1.165, 1.54) is 54.6 Å². The third-order valence-electron chi connectivity index (χ3n) is 14.9. The lowest BCUT2D eigenvalue weighted by Gasteiger charge is -2.21. The Morgan fingerprint density at radius 1 is 0.354 bits per heavy atom. The molecule has 6 aromatic heterocycles. The summed E-state index contributed by atoms with van der Waals surface area (Å²) in [6, 6.07) is 35.0. The topological polar surface area (TPSA) is 393 Å². The average molecular weight is 1400 g/mol. The Labute approximate surface area is 580 Å². The number of benzene rings is 3. The van der Waals surface area contributed by atoms with Gasteiger partial charge in [-0.3, -0.25) is 28.5 Å². The summed E-state index contributed by atoms with van der Waals surface area (Å²) >= 11 is 0. The monoisotopic (exact) mass is 1400 g/mol. The number of nitrogens with zero attached hydrogens (tertiary/aromatic N) is 6. The third kappa shape index (κ3) is 19.5. The molecule has 0 bridgehead atoms. The van der Waals surface area contributed by atoms with Gasteiger partial charge >= 0.3 is 0 Å². The van der Waals surface area contributed by atoms with Crippen molar-refractivity contribution in [1.29, 1.82) is 14.3 Å². The molecule has 0 aliphatic carbocycles. The van der Waals surface area contributed by atoms with Gasteiger partial charge in [-0.25, -0.2) is 56.9 Å². The number of nitrogens with one attached hydrogen (secondary N) is 6. The van der Waals surface area contributed by atoms with Gasteiger partial charge < -0.3 is 31.4 Å². The first-order valence-corrected chi connectivity index (χ1v) is 35.8. The average Bonchev–Trinajstić information content (AvgIpc) is 0.809. The van der Waals surface area contributed by atoms with Crippen LogP contribution in [0.1, 0.15) is 161 Å². The summed E-state index contributed by atoms with van der Waals surface area (Å²) in [6.45, 7) is 35.5. The van der Waals surface area contributed by atoms with Crippen LogP contribution in [0.5, 0.6) is 34.9 Å². The number of carbonyl (C=O) groups is 3. The fraction of sp³-hybridized carbons (Fsp3) is 0.292. The number of pyridine rings is 6. The van der Waals surface area contributed by atoms with Crippen molar-refractivity contribution in [2.75, 3.05) is 17.2 Å². The zero-order valence-electron chi connectivity index (χ0n) is 58.9. The lowest BCUT2D eigenvalue weighted by atomic mass is 9.91. The standard InChI is InChI=1S/3C24H29N5O3S/c3*1-14-12-15(2)21(16(3)13-14)32-23-17(10-11-18(27-23)24(4,5)6)22(30)29-33(26,31)20-9-7-8-19(25)28-20/h3*7-13H,1-6H3,(H2,25,28)(H2,26,29,30,31). The lowest BCUT2D eigenvalue weighted by molar-refractivity contribution is 0.0970. The summed E-state index contributed by atoms with van der Waals surface area (Å²) in [4.78, 5) is 64.9. The van der Waals surface area contributed by atoms with E-state index in [4.69, 9.17) is 45.8 Å². The van der Waals surface area contributed by atoms with Gasteiger partial charge in [0.05, 0.1) is 0 Å². The summed E-state index contributed by atoms with van der Waals surface area (Å²) in [7, 11) is -11.3. The first-order chi connectivity index (χ1) is 45.8. The molecule has 3 amide bonds. The molecular formula is C72H87N15O9S3. The van der Waals surface area contributed by atoms with E-state index < -0.39 is 47.5 Å². The van der Waals surface area contributed by atoms with E-state index in [0.29, 0.717) is 17.2 Å². The summed E-state index contributed by atoms with van der Waals surface area (Å²) < 4.78 is 88.6. The van der Waals surface area contributed by atoms with Crippen LogP contribution in [-0.4, -0.2) is 60.3 Å². The maximum Gasteiger partial charge on any atom is 0.269 e. The van der Waals surface area contributed by atoms with Gasteiger partial charge in [-0.05, 0) is 168 Å². The molecule has 0 aliphatic heterocycles. The van der Waals surface area contributed by atoms with Crippen molar-refractivity contribution in [3.8, 4) is 34.9 Å². The Morgan fingerprint density at radius 3 is 0.758 bits per heavy atom. The molecule has 9 aromatic rings. The fourth-order valence-electron chi connectivity index (χ4n) is 10.1. The van der Waals surface area contributed by atoms with E-state index in [0.717, 1.165) is 67.2 Å². The van der Waals surface area contributed by atoms with Crippen molar-refractivity contribution in [2.24, 2.45) is 0 Å². The Balaban J connectivity index is 0.000000209. The van der Waals surface area contributed by atoms with Gasteiger partial charge in [-0.1, -0.05) is 134 Å². The quantitative estimate of drug-likeness (QED) is 0.0460. The molecule has 3 aromatic carbocycles. The summed E-state index contributed by atoms with van der Waals surface area (Å²) in [5, 5.41) is -0.409. The molecule has 0 spiro atoms. The molecule has 522 valence electrons. The second-order valence-electron chi connectivity index (χ2n) is 27.1. The van der Waals surface area contributed by atoms with E-state index >= 15 is 0 Å². The largest absolute Gasteiger partial charge is 0.438 e. The van der Waals surface area contributed by atoms with Crippen LogP contribution < -0.4 is 45.6 Å². The smallest absolute Gasteiger partial charge is 0.269 e. The number of aromatic nitrogens is 6. The van der Waals surface area contributed by atoms with Crippen molar-refractivity contribution in [3.05, 3.63) is 211 Å². The summed E-state index contributed by atoms with van der Waals surface area (Å²) in [6.07, 6.45) is 0. The van der Waals surface area contributed by atoms with E-state index in [9.17, 15) is 27.0 Å². The van der Waals surface area contributed by atoms with Crippen LogP contribution in [0.15, 0.2) is 142 Å². The number of hydrogen-bond acceptors (Lipinski definition) is 21. The SMILES string of the molecule is Cc1cc(C)c(Oc2nc(C(C)(C)C)ccc2C(=O)NS(=N)(=O)c2cccc(N)n2)c(C)c1.Cc1cc(C)c(Oc2nc(C(C)(C)C)ccc2C(=O)NS(=N)(=O)c2cccc(N)n2)c(C)c1.Cc1cc(C)c(Oc2nc(C(C)(C)C)ccc2C(=O)NS(=N)(=O)c2cccc(N)n2)c(C)c1. The zero-order valence-corrected chi connectivity index (χ0v) is 61.4. The summed E-state index contributed by atoms with van der Waals surface area (Å²) in [5.41, 5.74) is 27.1. The highest BCUT2D eigenvalue weighted by Crippen LogP contribution is 2.37. The Bertz CT molecular complexity index is 4410. The minimum Gasteiger partial charge on any atom is -0.438 e. The molecule has 99 heavy (non-hydrogen) atoms. The second kappa shape index (κ2) is 29.8. The zero-order chi connectivity index (χ0) is 73.7. The van der Waals surface area contributed by atoms with Crippen molar-refractivity contribution < 1.29 is 41.2 Å². The Hall–Kier alpha value is -10.4. The van der Waals surface area contributed by atoms with E-state index in [2.05, 4.69) is 44.1 Å². The minimum atomic E-state index is -3.75. The highest BCUT2D eigenvalue weighted by Gasteiger charge is 2.29. The van der Waals surface area contributed by atoms with Crippen LogP contribution in [-0.2, 0) is 46.0 Å². The van der Waals surface area contributed by atoms with Gasteiger partial charge in [-0.2, -0.15) is 0 Å².